The van der Waals surface area contributed by atoms with Crippen LogP contribution < -0.4 is 4.18 Å². The zero-order valence-electron chi connectivity index (χ0n) is 13.0. The van der Waals surface area contributed by atoms with Crippen LogP contribution in [0, 0.1) is 0 Å². The van der Waals surface area contributed by atoms with Gasteiger partial charge in [0.15, 0.2) is 0 Å². The summed E-state index contributed by atoms with van der Waals surface area (Å²) in [5, 5.41) is 8.58. The molecule has 1 aromatic carbocycles. The summed E-state index contributed by atoms with van der Waals surface area (Å²) in [4.78, 5) is 10.5. The SMILES string of the molecule is O=C(O)CO[C@H]1CC[C@H](c2ccc(OS(=O)(=O)C(F)(F)F)cc2)CC1. The number of carbonyl (C=O) groups is 1. The van der Waals surface area contributed by atoms with Gasteiger partial charge < -0.3 is 14.0 Å². The first-order valence-corrected chi connectivity index (χ1v) is 8.93. The average molecular weight is 382 g/mol. The average Bonchev–Trinajstić information content (AvgIpc) is 2.53. The smallest absolute Gasteiger partial charge is 0.480 e. The second-order valence-electron chi connectivity index (χ2n) is 5.73. The summed E-state index contributed by atoms with van der Waals surface area (Å²) in [7, 11) is -5.67. The van der Waals surface area contributed by atoms with Crippen molar-refractivity contribution in [2.24, 2.45) is 0 Å². The first-order chi connectivity index (χ1) is 11.6. The van der Waals surface area contributed by atoms with Gasteiger partial charge in [-0.05, 0) is 49.3 Å². The van der Waals surface area contributed by atoms with Crippen molar-refractivity contribution in [2.75, 3.05) is 6.61 Å². The predicted octanol–water partition coefficient (Wildman–Crippen LogP) is 3.04. The van der Waals surface area contributed by atoms with E-state index in [1.165, 1.54) is 24.3 Å². The molecular weight excluding hydrogens is 365 g/mol. The molecule has 0 bridgehead atoms. The second kappa shape index (κ2) is 7.61. The molecule has 2 rings (SSSR count). The quantitative estimate of drug-likeness (QED) is 0.601. The number of carboxylic acid groups (broad SMARTS) is 1. The maximum absolute atomic E-state index is 12.3. The van der Waals surface area contributed by atoms with Crippen LogP contribution in [0.1, 0.15) is 37.2 Å². The van der Waals surface area contributed by atoms with E-state index in [2.05, 4.69) is 4.18 Å². The summed E-state index contributed by atoms with van der Waals surface area (Å²) in [6.45, 7) is -0.338. The number of hydrogen-bond donors (Lipinski definition) is 1. The van der Waals surface area contributed by atoms with Crippen molar-refractivity contribution in [2.45, 2.75) is 43.2 Å². The molecule has 1 N–H and O–H groups in total. The summed E-state index contributed by atoms with van der Waals surface area (Å²) >= 11 is 0. The van der Waals surface area contributed by atoms with Crippen molar-refractivity contribution in [3.05, 3.63) is 29.8 Å². The minimum absolute atomic E-state index is 0.119. The third-order valence-corrected chi connectivity index (χ3v) is 4.94. The number of alkyl halides is 3. The van der Waals surface area contributed by atoms with Crippen LogP contribution in [0.5, 0.6) is 5.75 Å². The number of halogens is 3. The maximum atomic E-state index is 12.3. The summed E-state index contributed by atoms with van der Waals surface area (Å²) in [6.07, 6.45) is 2.72. The van der Waals surface area contributed by atoms with Crippen molar-refractivity contribution in [3.8, 4) is 5.75 Å². The van der Waals surface area contributed by atoms with E-state index in [0.29, 0.717) is 12.8 Å². The molecule has 0 aliphatic heterocycles. The lowest BCUT2D eigenvalue weighted by molar-refractivity contribution is -0.145. The highest BCUT2D eigenvalue weighted by molar-refractivity contribution is 7.88. The first-order valence-electron chi connectivity index (χ1n) is 7.52. The number of ether oxygens (including phenoxy) is 1. The van der Waals surface area contributed by atoms with E-state index in [0.717, 1.165) is 18.4 Å². The van der Waals surface area contributed by atoms with Gasteiger partial charge in [-0.1, -0.05) is 12.1 Å². The lowest BCUT2D eigenvalue weighted by atomic mass is 9.83. The van der Waals surface area contributed by atoms with Crippen LogP contribution in [0.15, 0.2) is 24.3 Å². The number of carboxylic acids is 1. The highest BCUT2D eigenvalue weighted by atomic mass is 32.2. The Morgan fingerprint density at radius 2 is 1.68 bits per heavy atom. The molecular formula is C15H17F3O6S. The Balaban J connectivity index is 1.92. The number of aliphatic carboxylic acids is 1. The molecule has 0 spiro atoms. The lowest BCUT2D eigenvalue weighted by Gasteiger charge is -2.28. The van der Waals surface area contributed by atoms with E-state index in [1.807, 2.05) is 0 Å². The first kappa shape index (κ1) is 19.5. The molecule has 0 aromatic heterocycles. The van der Waals surface area contributed by atoms with Gasteiger partial charge in [0.05, 0.1) is 6.10 Å². The molecule has 1 aliphatic rings. The molecule has 1 aliphatic carbocycles. The van der Waals surface area contributed by atoms with Gasteiger partial charge in [0, 0.05) is 0 Å². The van der Waals surface area contributed by atoms with Crippen LogP contribution in [0.3, 0.4) is 0 Å². The van der Waals surface area contributed by atoms with E-state index in [9.17, 15) is 26.4 Å². The largest absolute Gasteiger partial charge is 0.534 e. The predicted molar refractivity (Wildman–Crippen MR) is 80.6 cm³/mol. The Labute approximate surface area is 142 Å². The normalized spacial score (nSPS) is 21.7. The van der Waals surface area contributed by atoms with Crippen molar-refractivity contribution < 1.29 is 40.4 Å². The molecule has 0 amide bonds. The molecule has 0 heterocycles. The molecule has 1 fully saturated rings. The van der Waals surface area contributed by atoms with Gasteiger partial charge in [-0.3, -0.25) is 0 Å². The molecule has 6 nitrogen and oxygen atoms in total. The highest BCUT2D eigenvalue weighted by Crippen LogP contribution is 2.35. The molecule has 0 atom stereocenters. The lowest BCUT2D eigenvalue weighted by Crippen LogP contribution is -2.28. The van der Waals surface area contributed by atoms with Gasteiger partial charge in [0.25, 0.3) is 0 Å². The molecule has 140 valence electrons. The number of hydrogen-bond acceptors (Lipinski definition) is 5. The zero-order valence-corrected chi connectivity index (χ0v) is 13.8. The molecule has 1 saturated carbocycles. The van der Waals surface area contributed by atoms with Gasteiger partial charge in [-0.25, -0.2) is 4.79 Å². The van der Waals surface area contributed by atoms with E-state index >= 15 is 0 Å². The summed E-state index contributed by atoms with van der Waals surface area (Å²) < 4.78 is 68.0. The fourth-order valence-corrected chi connectivity index (χ4v) is 3.18. The van der Waals surface area contributed by atoms with Crippen LogP contribution in [0.25, 0.3) is 0 Å². The van der Waals surface area contributed by atoms with Crippen molar-refractivity contribution in [1.82, 2.24) is 0 Å². The van der Waals surface area contributed by atoms with Crippen molar-refractivity contribution in [3.63, 3.8) is 0 Å². The van der Waals surface area contributed by atoms with Gasteiger partial charge in [-0.2, -0.15) is 21.6 Å². The Morgan fingerprint density at radius 3 is 2.16 bits per heavy atom. The van der Waals surface area contributed by atoms with Gasteiger partial charge in [0.1, 0.15) is 12.4 Å². The van der Waals surface area contributed by atoms with E-state index in [4.69, 9.17) is 9.84 Å². The molecule has 0 saturated heterocycles. The van der Waals surface area contributed by atoms with Crippen LogP contribution >= 0.6 is 0 Å². The van der Waals surface area contributed by atoms with E-state index < -0.39 is 27.3 Å². The van der Waals surface area contributed by atoms with Gasteiger partial charge in [0.2, 0.25) is 0 Å². The van der Waals surface area contributed by atoms with Crippen molar-refractivity contribution >= 4 is 16.1 Å². The standard InChI is InChI=1S/C15H17F3O6S/c16-15(17,18)25(21,22)24-13-7-3-11(4-8-13)10-1-5-12(6-2-10)23-9-14(19)20/h3-4,7-8,10,12H,1-2,5-6,9H2,(H,19,20)/t10-,12-. The van der Waals surface area contributed by atoms with Crippen molar-refractivity contribution in [1.29, 1.82) is 0 Å². The molecule has 10 heteroatoms. The summed E-state index contributed by atoms with van der Waals surface area (Å²) in [5.41, 5.74) is -4.62. The maximum Gasteiger partial charge on any atom is 0.534 e. The molecule has 0 unspecified atom stereocenters. The topological polar surface area (TPSA) is 89.9 Å². The minimum atomic E-state index is -5.67. The fourth-order valence-electron chi connectivity index (χ4n) is 2.72. The monoisotopic (exact) mass is 382 g/mol. The van der Waals surface area contributed by atoms with Crippen LogP contribution in [-0.2, 0) is 19.6 Å². The van der Waals surface area contributed by atoms with Gasteiger partial charge in [-0.15, -0.1) is 0 Å². The zero-order chi connectivity index (χ0) is 18.7. The Morgan fingerprint density at radius 1 is 1.12 bits per heavy atom. The highest BCUT2D eigenvalue weighted by Gasteiger charge is 2.48. The Kier molecular flexibility index (Phi) is 5.94. The third kappa shape index (κ3) is 5.33. The number of benzene rings is 1. The van der Waals surface area contributed by atoms with Crippen LogP contribution in [0.2, 0.25) is 0 Å². The summed E-state index contributed by atoms with van der Waals surface area (Å²) in [5.74, 6) is -1.27. The van der Waals surface area contributed by atoms with Crippen LogP contribution in [0.4, 0.5) is 13.2 Å². The Bertz CT molecular complexity index is 691. The molecule has 0 radical (unpaired) electrons. The van der Waals surface area contributed by atoms with Crippen LogP contribution in [-0.4, -0.2) is 37.7 Å². The summed E-state index contributed by atoms with van der Waals surface area (Å²) in [6, 6.07) is 5.44. The Hall–Kier alpha value is -1.81. The second-order valence-corrected chi connectivity index (χ2v) is 7.27. The third-order valence-electron chi connectivity index (χ3n) is 3.96. The molecule has 1 aromatic rings. The number of rotatable bonds is 6. The van der Waals surface area contributed by atoms with E-state index in [-0.39, 0.29) is 18.6 Å². The fraction of sp³-hybridized carbons (Fsp3) is 0.533. The van der Waals surface area contributed by atoms with E-state index in [1.54, 1.807) is 0 Å². The molecule has 25 heavy (non-hydrogen) atoms. The minimum Gasteiger partial charge on any atom is -0.480 e. The van der Waals surface area contributed by atoms with Gasteiger partial charge >= 0.3 is 21.6 Å².